The number of benzene rings is 1. The molecular formula is C19H18ClN5O2. The molecule has 2 aromatic heterocycles. The van der Waals surface area contributed by atoms with Crippen LogP contribution in [-0.2, 0) is 4.84 Å². The molecule has 3 heterocycles. The molecule has 1 unspecified atom stereocenters. The van der Waals surface area contributed by atoms with E-state index in [2.05, 4.69) is 20.4 Å². The van der Waals surface area contributed by atoms with Crippen molar-refractivity contribution >= 4 is 17.4 Å². The lowest BCUT2D eigenvalue weighted by molar-refractivity contribution is 0.109. The Morgan fingerprint density at radius 1 is 1.22 bits per heavy atom. The molecule has 3 aromatic rings. The summed E-state index contributed by atoms with van der Waals surface area (Å²) in [5.74, 6) is 1.02. The van der Waals surface area contributed by atoms with Gasteiger partial charge in [0, 0.05) is 11.2 Å². The van der Waals surface area contributed by atoms with Gasteiger partial charge in [0.05, 0.1) is 25.2 Å². The zero-order chi connectivity index (χ0) is 18.8. The fourth-order valence-electron chi connectivity index (χ4n) is 2.87. The standard InChI is InChI=1S/C19H18ClN5O2/c1-12-9-25(11-21-12)17-8-7-15(23-19(17)26-2)18-22-16(10-27-24-18)13-3-5-14(20)6-4-13/h3-9,11,16H,10H2,1-2H3,(H,22,24). The van der Waals surface area contributed by atoms with E-state index in [4.69, 9.17) is 21.2 Å². The van der Waals surface area contributed by atoms with E-state index >= 15 is 0 Å². The highest BCUT2D eigenvalue weighted by molar-refractivity contribution is 6.30. The van der Waals surface area contributed by atoms with Crippen molar-refractivity contribution in [3.63, 3.8) is 0 Å². The number of imidazole rings is 1. The molecule has 7 nitrogen and oxygen atoms in total. The third-order valence-electron chi connectivity index (χ3n) is 4.25. The van der Waals surface area contributed by atoms with Crippen LogP contribution in [0.3, 0.4) is 0 Å². The van der Waals surface area contributed by atoms with Crippen LogP contribution in [0.1, 0.15) is 23.0 Å². The summed E-state index contributed by atoms with van der Waals surface area (Å²) in [6.07, 6.45) is 3.64. The third-order valence-corrected chi connectivity index (χ3v) is 4.50. The molecule has 1 N–H and O–H groups in total. The lowest BCUT2D eigenvalue weighted by Crippen LogP contribution is -2.36. The minimum Gasteiger partial charge on any atom is -0.479 e. The van der Waals surface area contributed by atoms with E-state index in [-0.39, 0.29) is 6.04 Å². The van der Waals surface area contributed by atoms with Crippen molar-refractivity contribution in [2.24, 2.45) is 5.16 Å². The number of aryl methyl sites for hydroxylation is 1. The van der Waals surface area contributed by atoms with E-state index in [0.29, 0.717) is 29.0 Å². The van der Waals surface area contributed by atoms with Crippen molar-refractivity contribution in [3.8, 4) is 11.6 Å². The SMILES string of the molecule is COc1nc(C2=NOCC(c3ccc(Cl)cc3)N2)ccc1-n1cnc(C)c1. The Hall–Kier alpha value is -3.06. The third kappa shape index (κ3) is 3.59. The zero-order valence-corrected chi connectivity index (χ0v) is 15.6. The maximum Gasteiger partial charge on any atom is 0.238 e. The lowest BCUT2D eigenvalue weighted by Gasteiger charge is -2.24. The predicted molar refractivity (Wildman–Crippen MR) is 102 cm³/mol. The normalized spacial score (nSPS) is 16.3. The minimum absolute atomic E-state index is 0.0430. The van der Waals surface area contributed by atoms with Gasteiger partial charge in [-0.25, -0.2) is 9.97 Å². The molecule has 0 spiro atoms. The first-order valence-electron chi connectivity index (χ1n) is 8.42. The van der Waals surface area contributed by atoms with Gasteiger partial charge in [-0.1, -0.05) is 28.9 Å². The second-order valence-corrected chi connectivity index (χ2v) is 6.57. The van der Waals surface area contributed by atoms with E-state index in [0.717, 1.165) is 16.9 Å². The molecule has 0 amide bonds. The van der Waals surface area contributed by atoms with Gasteiger partial charge in [-0.05, 0) is 36.8 Å². The Balaban J connectivity index is 1.61. The molecule has 0 radical (unpaired) electrons. The number of aromatic nitrogens is 3. The molecule has 0 aliphatic carbocycles. The summed E-state index contributed by atoms with van der Waals surface area (Å²) in [5.41, 5.74) is 3.41. The molecule has 0 saturated carbocycles. The number of amidine groups is 1. The first kappa shape index (κ1) is 17.4. The van der Waals surface area contributed by atoms with Crippen LogP contribution < -0.4 is 10.1 Å². The van der Waals surface area contributed by atoms with E-state index in [1.54, 1.807) is 13.4 Å². The second-order valence-electron chi connectivity index (χ2n) is 6.13. The maximum atomic E-state index is 5.97. The van der Waals surface area contributed by atoms with Gasteiger partial charge in [-0.15, -0.1) is 0 Å². The topological polar surface area (TPSA) is 73.6 Å². The molecule has 0 bridgehead atoms. The van der Waals surface area contributed by atoms with Crippen molar-refractivity contribution < 1.29 is 9.57 Å². The molecule has 1 aromatic carbocycles. The Labute approximate surface area is 161 Å². The number of ether oxygens (including phenoxy) is 1. The molecule has 1 aliphatic heterocycles. The molecule has 4 rings (SSSR count). The number of rotatable bonds is 4. The van der Waals surface area contributed by atoms with E-state index in [1.165, 1.54) is 0 Å². The van der Waals surface area contributed by atoms with Gasteiger partial charge in [0.2, 0.25) is 5.88 Å². The van der Waals surface area contributed by atoms with Crippen molar-refractivity contribution in [3.05, 3.63) is 70.9 Å². The van der Waals surface area contributed by atoms with Crippen LogP contribution in [0.2, 0.25) is 5.02 Å². The number of methoxy groups -OCH3 is 1. The van der Waals surface area contributed by atoms with E-state index in [9.17, 15) is 0 Å². The summed E-state index contributed by atoms with van der Waals surface area (Å²) >= 11 is 5.97. The Morgan fingerprint density at radius 2 is 2.04 bits per heavy atom. The molecule has 8 heteroatoms. The van der Waals surface area contributed by atoms with Crippen LogP contribution in [0.5, 0.6) is 5.88 Å². The molecular weight excluding hydrogens is 366 g/mol. The van der Waals surface area contributed by atoms with Crippen LogP contribution in [-0.4, -0.2) is 34.1 Å². The van der Waals surface area contributed by atoms with Crippen LogP contribution >= 0.6 is 11.6 Å². The van der Waals surface area contributed by atoms with Crippen molar-refractivity contribution in [2.75, 3.05) is 13.7 Å². The van der Waals surface area contributed by atoms with E-state index in [1.807, 2.05) is 54.1 Å². The maximum absolute atomic E-state index is 5.97. The highest BCUT2D eigenvalue weighted by Crippen LogP contribution is 2.23. The fourth-order valence-corrected chi connectivity index (χ4v) is 3.00. The smallest absolute Gasteiger partial charge is 0.238 e. The Morgan fingerprint density at radius 3 is 2.74 bits per heavy atom. The number of pyridine rings is 1. The summed E-state index contributed by atoms with van der Waals surface area (Å²) in [7, 11) is 1.59. The summed E-state index contributed by atoms with van der Waals surface area (Å²) < 4.78 is 7.34. The van der Waals surface area contributed by atoms with Gasteiger partial charge in [0.25, 0.3) is 0 Å². The second kappa shape index (κ2) is 7.28. The minimum atomic E-state index is -0.0430. The zero-order valence-electron chi connectivity index (χ0n) is 14.9. The summed E-state index contributed by atoms with van der Waals surface area (Å²) in [6.45, 7) is 2.36. The summed E-state index contributed by atoms with van der Waals surface area (Å²) in [6, 6.07) is 11.4. The van der Waals surface area contributed by atoms with Crippen LogP contribution in [0.25, 0.3) is 5.69 Å². The Bertz CT molecular complexity index is 984. The predicted octanol–water partition coefficient (Wildman–Crippen LogP) is 3.26. The lowest BCUT2D eigenvalue weighted by atomic mass is 10.1. The van der Waals surface area contributed by atoms with Crippen LogP contribution in [0.4, 0.5) is 0 Å². The molecule has 27 heavy (non-hydrogen) atoms. The molecule has 0 fully saturated rings. The summed E-state index contributed by atoms with van der Waals surface area (Å²) in [5, 5.41) is 8.18. The number of nitrogens with one attached hydrogen (secondary N) is 1. The van der Waals surface area contributed by atoms with Crippen LogP contribution in [0.15, 0.2) is 54.1 Å². The monoisotopic (exact) mass is 383 g/mol. The summed E-state index contributed by atoms with van der Waals surface area (Å²) in [4.78, 5) is 14.2. The molecule has 1 atom stereocenters. The van der Waals surface area contributed by atoms with Gasteiger partial charge in [0.1, 0.15) is 18.0 Å². The molecule has 138 valence electrons. The fraction of sp³-hybridized carbons (Fsp3) is 0.211. The number of oxime groups is 1. The average molecular weight is 384 g/mol. The average Bonchev–Trinajstić information content (AvgIpc) is 3.14. The molecule has 0 saturated heterocycles. The molecule has 1 aliphatic rings. The quantitative estimate of drug-likeness (QED) is 0.748. The number of hydrogen-bond donors (Lipinski definition) is 1. The van der Waals surface area contributed by atoms with Gasteiger partial charge in [-0.3, -0.25) is 0 Å². The Kier molecular flexibility index (Phi) is 4.68. The highest BCUT2D eigenvalue weighted by atomic mass is 35.5. The van der Waals surface area contributed by atoms with Gasteiger partial charge in [-0.2, -0.15) is 0 Å². The number of halogens is 1. The van der Waals surface area contributed by atoms with Gasteiger partial charge < -0.3 is 19.5 Å². The number of hydrogen-bond acceptors (Lipinski definition) is 6. The first-order chi connectivity index (χ1) is 13.1. The highest BCUT2D eigenvalue weighted by Gasteiger charge is 2.22. The van der Waals surface area contributed by atoms with Crippen molar-refractivity contribution in [2.45, 2.75) is 13.0 Å². The first-order valence-corrected chi connectivity index (χ1v) is 8.80. The van der Waals surface area contributed by atoms with Crippen molar-refractivity contribution in [1.29, 1.82) is 0 Å². The van der Waals surface area contributed by atoms with Crippen LogP contribution in [0, 0.1) is 6.92 Å². The van der Waals surface area contributed by atoms with Crippen molar-refractivity contribution in [1.82, 2.24) is 19.9 Å². The largest absolute Gasteiger partial charge is 0.479 e. The van der Waals surface area contributed by atoms with Gasteiger partial charge >= 0.3 is 0 Å². The number of nitrogens with zero attached hydrogens (tertiary/aromatic N) is 4. The van der Waals surface area contributed by atoms with E-state index < -0.39 is 0 Å². The van der Waals surface area contributed by atoms with Gasteiger partial charge in [0.15, 0.2) is 5.84 Å².